The third-order valence-electron chi connectivity index (χ3n) is 3.81. The molecule has 0 aromatic heterocycles. The second kappa shape index (κ2) is 6.38. The number of nitrogens with zero attached hydrogens (tertiary/aromatic N) is 1. The second-order valence-electron chi connectivity index (χ2n) is 6.68. The van der Waals surface area contributed by atoms with Gasteiger partial charge in [-0.05, 0) is 32.8 Å². The number of carboxylic acids is 1. The van der Waals surface area contributed by atoms with Crippen molar-refractivity contribution in [3.05, 3.63) is 35.9 Å². The molecule has 2 rings (SSSR count). The summed E-state index contributed by atoms with van der Waals surface area (Å²) in [5.74, 6) is -1.55. The molecule has 2 unspecified atom stereocenters. The normalized spacial score (nSPS) is 22.2. The lowest BCUT2D eigenvalue weighted by Crippen LogP contribution is -2.47. The quantitative estimate of drug-likeness (QED) is 0.911. The topological polar surface area (TPSA) is 66.8 Å². The van der Waals surface area contributed by atoms with Crippen LogP contribution in [0.25, 0.3) is 0 Å². The van der Waals surface area contributed by atoms with E-state index in [2.05, 4.69) is 0 Å². The van der Waals surface area contributed by atoms with Crippen LogP contribution < -0.4 is 0 Å². The number of carbonyl (C=O) groups is 2. The lowest BCUT2D eigenvalue weighted by molar-refractivity contribution is -0.144. The van der Waals surface area contributed by atoms with Crippen LogP contribution in [0.3, 0.4) is 0 Å². The first-order valence-electron chi connectivity index (χ1n) is 7.53. The third-order valence-corrected chi connectivity index (χ3v) is 3.81. The van der Waals surface area contributed by atoms with Crippen molar-refractivity contribution < 1.29 is 19.4 Å². The minimum Gasteiger partial charge on any atom is -0.481 e. The van der Waals surface area contributed by atoms with Crippen molar-refractivity contribution in [1.82, 2.24) is 4.90 Å². The first-order valence-corrected chi connectivity index (χ1v) is 7.53. The fraction of sp³-hybridized carbons (Fsp3) is 0.529. The largest absolute Gasteiger partial charge is 0.481 e. The molecule has 0 bridgehead atoms. The Balaban J connectivity index is 2.12. The van der Waals surface area contributed by atoms with Gasteiger partial charge < -0.3 is 14.7 Å². The summed E-state index contributed by atoms with van der Waals surface area (Å²) in [7, 11) is 0. The summed E-state index contributed by atoms with van der Waals surface area (Å²) in [6.07, 6.45) is 0.186. The summed E-state index contributed by atoms with van der Waals surface area (Å²) in [5, 5.41) is 9.52. The molecule has 1 aliphatic rings. The molecule has 0 saturated carbocycles. The average molecular weight is 305 g/mol. The Morgan fingerprint density at radius 2 is 1.86 bits per heavy atom. The standard InChI is InChI=1S/C17H23NO4/c1-17(2,3)22-16(21)18-10-9-13(14(11-18)15(19)20)12-7-5-4-6-8-12/h4-8,13-14H,9-11H2,1-3H3,(H,19,20). The summed E-state index contributed by atoms with van der Waals surface area (Å²) < 4.78 is 5.34. The number of rotatable bonds is 2. The molecule has 1 heterocycles. The fourth-order valence-corrected chi connectivity index (χ4v) is 2.79. The predicted molar refractivity (Wildman–Crippen MR) is 82.7 cm³/mol. The SMILES string of the molecule is CC(C)(C)OC(=O)N1CCC(c2ccccc2)C(C(=O)O)C1. The van der Waals surface area contributed by atoms with E-state index >= 15 is 0 Å². The molecular weight excluding hydrogens is 282 g/mol. The Kier molecular flexibility index (Phi) is 4.74. The van der Waals surface area contributed by atoms with Crippen LogP contribution in [0.5, 0.6) is 0 Å². The van der Waals surface area contributed by atoms with Gasteiger partial charge in [-0.25, -0.2) is 4.79 Å². The van der Waals surface area contributed by atoms with Crippen molar-refractivity contribution in [1.29, 1.82) is 0 Å². The molecule has 1 aliphatic heterocycles. The summed E-state index contributed by atoms with van der Waals surface area (Å²) in [6, 6.07) is 9.63. The van der Waals surface area contributed by atoms with E-state index in [0.29, 0.717) is 13.0 Å². The Morgan fingerprint density at radius 3 is 2.41 bits per heavy atom. The van der Waals surface area contributed by atoms with Crippen LogP contribution in [0.15, 0.2) is 30.3 Å². The molecule has 0 radical (unpaired) electrons. The zero-order chi connectivity index (χ0) is 16.3. The molecule has 1 N–H and O–H groups in total. The van der Waals surface area contributed by atoms with Gasteiger partial charge in [0.2, 0.25) is 0 Å². The molecule has 1 fully saturated rings. The molecule has 1 aromatic rings. The minimum atomic E-state index is -0.873. The van der Waals surface area contributed by atoms with Gasteiger partial charge in [0.05, 0.1) is 5.92 Å². The van der Waals surface area contributed by atoms with Crippen molar-refractivity contribution in [2.75, 3.05) is 13.1 Å². The first kappa shape index (κ1) is 16.3. The Hall–Kier alpha value is -2.04. The van der Waals surface area contributed by atoms with Crippen molar-refractivity contribution >= 4 is 12.1 Å². The highest BCUT2D eigenvalue weighted by atomic mass is 16.6. The maximum Gasteiger partial charge on any atom is 0.410 e. The van der Waals surface area contributed by atoms with Crippen LogP contribution in [-0.4, -0.2) is 40.8 Å². The lowest BCUT2D eigenvalue weighted by Gasteiger charge is -2.37. The Morgan fingerprint density at radius 1 is 1.23 bits per heavy atom. The molecule has 1 amide bonds. The van der Waals surface area contributed by atoms with Gasteiger partial charge in [-0.3, -0.25) is 4.79 Å². The molecule has 2 atom stereocenters. The summed E-state index contributed by atoms with van der Waals surface area (Å²) >= 11 is 0. The zero-order valence-electron chi connectivity index (χ0n) is 13.3. The number of amides is 1. The molecule has 0 aliphatic carbocycles. The van der Waals surface area contributed by atoms with Gasteiger partial charge in [-0.2, -0.15) is 0 Å². The van der Waals surface area contributed by atoms with Crippen LogP contribution in [0.4, 0.5) is 4.79 Å². The van der Waals surface area contributed by atoms with Crippen molar-refractivity contribution in [3.63, 3.8) is 0 Å². The number of piperidine rings is 1. The number of hydrogen-bond acceptors (Lipinski definition) is 3. The molecular formula is C17H23NO4. The Labute approximate surface area is 130 Å². The molecule has 5 heteroatoms. The van der Waals surface area contributed by atoms with Gasteiger partial charge in [-0.15, -0.1) is 0 Å². The number of aliphatic carboxylic acids is 1. The predicted octanol–water partition coefficient (Wildman–Crippen LogP) is 3.11. The number of benzene rings is 1. The van der Waals surface area contributed by atoms with Crippen molar-refractivity contribution in [2.45, 2.75) is 38.7 Å². The monoisotopic (exact) mass is 305 g/mol. The van der Waals surface area contributed by atoms with Crippen LogP contribution in [0.1, 0.15) is 38.7 Å². The number of hydrogen-bond donors (Lipinski definition) is 1. The fourth-order valence-electron chi connectivity index (χ4n) is 2.79. The minimum absolute atomic E-state index is 0.0719. The van der Waals surface area contributed by atoms with E-state index in [4.69, 9.17) is 4.74 Å². The maximum atomic E-state index is 12.1. The van der Waals surface area contributed by atoms with E-state index in [1.807, 2.05) is 30.3 Å². The number of carboxylic acid groups (broad SMARTS) is 1. The van der Waals surface area contributed by atoms with Crippen molar-refractivity contribution in [3.8, 4) is 0 Å². The summed E-state index contributed by atoms with van der Waals surface area (Å²) in [4.78, 5) is 25.3. The molecule has 120 valence electrons. The number of carbonyl (C=O) groups excluding carboxylic acids is 1. The molecule has 22 heavy (non-hydrogen) atoms. The van der Waals surface area contributed by atoms with E-state index in [1.54, 1.807) is 20.8 Å². The van der Waals surface area contributed by atoms with E-state index in [-0.39, 0.29) is 12.5 Å². The van der Waals surface area contributed by atoms with Gasteiger partial charge in [0.15, 0.2) is 0 Å². The van der Waals surface area contributed by atoms with Crippen LogP contribution in [0, 0.1) is 5.92 Å². The Bertz CT molecular complexity index is 535. The highest BCUT2D eigenvalue weighted by Crippen LogP contribution is 2.33. The highest BCUT2D eigenvalue weighted by molar-refractivity contribution is 5.74. The first-order chi connectivity index (χ1) is 10.3. The van der Waals surface area contributed by atoms with Crippen molar-refractivity contribution in [2.24, 2.45) is 5.92 Å². The third kappa shape index (κ3) is 4.00. The number of ether oxygens (including phenoxy) is 1. The zero-order valence-corrected chi connectivity index (χ0v) is 13.3. The van der Waals surface area contributed by atoms with Gasteiger partial charge in [0.25, 0.3) is 0 Å². The molecule has 1 aromatic carbocycles. The summed E-state index contributed by atoms with van der Waals surface area (Å²) in [6.45, 7) is 6.10. The van der Waals surface area contributed by atoms with Gasteiger partial charge in [-0.1, -0.05) is 30.3 Å². The maximum absolute atomic E-state index is 12.1. The molecule has 1 saturated heterocycles. The van der Waals surface area contributed by atoms with Crippen LogP contribution in [-0.2, 0) is 9.53 Å². The van der Waals surface area contributed by atoms with Crippen LogP contribution in [0.2, 0.25) is 0 Å². The van der Waals surface area contributed by atoms with E-state index in [0.717, 1.165) is 5.56 Å². The van der Waals surface area contributed by atoms with E-state index < -0.39 is 23.6 Å². The average Bonchev–Trinajstić information content (AvgIpc) is 2.45. The smallest absolute Gasteiger partial charge is 0.410 e. The second-order valence-corrected chi connectivity index (χ2v) is 6.68. The van der Waals surface area contributed by atoms with Gasteiger partial charge in [0.1, 0.15) is 5.60 Å². The van der Waals surface area contributed by atoms with Gasteiger partial charge >= 0.3 is 12.1 Å². The molecule has 5 nitrogen and oxygen atoms in total. The lowest BCUT2D eigenvalue weighted by atomic mass is 9.80. The van der Waals surface area contributed by atoms with E-state index in [9.17, 15) is 14.7 Å². The highest BCUT2D eigenvalue weighted by Gasteiger charge is 2.38. The summed E-state index contributed by atoms with van der Waals surface area (Å²) in [5.41, 5.74) is 0.435. The number of likely N-dealkylation sites (tertiary alicyclic amines) is 1. The van der Waals surface area contributed by atoms with E-state index in [1.165, 1.54) is 4.90 Å². The van der Waals surface area contributed by atoms with Crippen LogP contribution >= 0.6 is 0 Å². The molecule has 0 spiro atoms. The van der Waals surface area contributed by atoms with Gasteiger partial charge in [0, 0.05) is 19.0 Å².